The normalized spacial score (nSPS) is 11.1. The molecule has 138 valence electrons. The zero-order valence-corrected chi connectivity index (χ0v) is 13.9. The van der Waals surface area contributed by atoms with E-state index < -0.39 is 17.6 Å². The van der Waals surface area contributed by atoms with Crippen LogP contribution in [0.5, 0.6) is 0 Å². The Bertz CT molecular complexity index is 791. The number of carbonyl (C=O) groups excluding carboxylic acids is 2. The molecular weight excluding hydrogens is 349 g/mol. The quantitative estimate of drug-likeness (QED) is 0.814. The zero-order chi connectivity index (χ0) is 19.2. The van der Waals surface area contributed by atoms with Crippen molar-refractivity contribution in [1.82, 2.24) is 0 Å². The van der Waals surface area contributed by atoms with Crippen LogP contribution in [0.1, 0.15) is 22.3 Å². The van der Waals surface area contributed by atoms with Crippen molar-refractivity contribution in [3.8, 4) is 0 Å². The van der Waals surface area contributed by atoms with Crippen LogP contribution < -0.4 is 10.6 Å². The van der Waals surface area contributed by atoms with Crippen molar-refractivity contribution >= 4 is 23.2 Å². The van der Waals surface area contributed by atoms with Gasteiger partial charge in [0.15, 0.2) is 0 Å². The summed E-state index contributed by atoms with van der Waals surface area (Å²) in [6.45, 7) is 0.227. The third kappa shape index (κ3) is 5.32. The molecule has 0 radical (unpaired) electrons. The number of nitrogens with one attached hydrogen (secondary N) is 2. The maximum absolute atomic E-state index is 12.8. The fourth-order valence-corrected chi connectivity index (χ4v) is 2.17. The lowest BCUT2D eigenvalue weighted by atomic mass is 10.1. The number of hydrogen-bond donors (Lipinski definition) is 2. The Balaban J connectivity index is 2.16. The number of amides is 2. The van der Waals surface area contributed by atoms with Crippen LogP contribution in [0.2, 0.25) is 0 Å². The highest BCUT2D eigenvalue weighted by molar-refractivity contribution is 6.10. The molecule has 0 bridgehead atoms. The first-order valence-corrected chi connectivity index (χ1v) is 7.67. The van der Waals surface area contributed by atoms with E-state index in [0.29, 0.717) is 0 Å². The van der Waals surface area contributed by atoms with E-state index in [0.717, 1.165) is 12.1 Å². The van der Waals surface area contributed by atoms with Crippen molar-refractivity contribution < 1.29 is 27.5 Å². The molecule has 2 rings (SSSR count). The largest absolute Gasteiger partial charge is 0.416 e. The summed E-state index contributed by atoms with van der Waals surface area (Å²) >= 11 is 0. The van der Waals surface area contributed by atoms with Crippen molar-refractivity contribution in [1.29, 1.82) is 0 Å². The number of carbonyl (C=O) groups is 2. The Labute approximate surface area is 148 Å². The lowest BCUT2D eigenvalue weighted by Gasteiger charge is -2.13. The van der Waals surface area contributed by atoms with Crippen molar-refractivity contribution in [2.75, 3.05) is 24.4 Å². The maximum Gasteiger partial charge on any atom is 0.416 e. The number of rotatable bonds is 6. The van der Waals surface area contributed by atoms with Crippen LogP contribution in [0.15, 0.2) is 48.5 Å². The molecule has 2 aromatic carbocycles. The molecule has 26 heavy (non-hydrogen) atoms. The number of para-hydroxylation sites is 1. The van der Waals surface area contributed by atoms with E-state index in [4.69, 9.17) is 4.74 Å². The number of alkyl halides is 3. The third-order valence-electron chi connectivity index (χ3n) is 3.43. The van der Waals surface area contributed by atoms with Gasteiger partial charge in [0.05, 0.1) is 29.8 Å². The van der Waals surface area contributed by atoms with E-state index in [1.165, 1.54) is 31.4 Å². The first-order chi connectivity index (χ1) is 12.3. The van der Waals surface area contributed by atoms with Crippen LogP contribution in [-0.4, -0.2) is 25.5 Å². The molecule has 0 spiro atoms. The number of halogens is 3. The summed E-state index contributed by atoms with van der Waals surface area (Å²) in [6.07, 6.45) is -4.39. The number of hydrogen-bond acceptors (Lipinski definition) is 3. The van der Waals surface area contributed by atoms with Gasteiger partial charge in [-0.05, 0) is 30.3 Å². The number of anilines is 2. The minimum absolute atomic E-state index is 0.00494. The van der Waals surface area contributed by atoms with Gasteiger partial charge in [0.25, 0.3) is 5.91 Å². The third-order valence-corrected chi connectivity index (χ3v) is 3.43. The van der Waals surface area contributed by atoms with E-state index in [1.54, 1.807) is 12.1 Å². The lowest BCUT2D eigenvalue weighted by molar-refractivity contribution is -0.137. The molecule has 8 heteroatoms. The van der Waals surface area contributed by atoms with Gasteiger partial charge in [-0.15, -0.1) is 0 Å². The molecule has 0 fully saturated rings. The molecule has 0 aliphatic heterocycles. The second kappa shape index (κ2) is 8.48. The van der Waals surface area contributed by atoms with E-state index in [1.807, 2.05) is 0 Å². The van der Waals surface area contributed by atoms with Crippen molar-refractivity contribution in [2.45, 2.75) is 12.6 Å². The minimum atomic E-state index is -4.51. The Morgan fingerprint density at radius 3 is 2.46 bits per heavy atom. The van der Waals surface area contributed by atoms with Gasteiger partial charge in [-0.25, -0.2) is 0 Å². The molecule has 5 nitrogen and oxygen atoms in total. The summed E-state index contributed by atoms with van der Waals surface area (Å²) in [5.74, 6) is -0.974. The Morgan fingerprint density at radius 1 is 1.04 bits per heavy atom. The van der Waals surface area contributed by atoms with Crippen LogP contribution in [0.3, 0.4) is 0 Å². The van der Waals surface area contributed by atoms with Gasteiger partial charge < -0.3 is 15.4 Å². The highest BCUT2D eigenvalue weighted by atomic mass is 19.4. The molecule has 0 heterocycles. The fraction of sp³-hybridized carbons (Fsp3) is 0.222. The predicted molar refractivity (Wildman–Crippen MR) is 91.0 cm³/mol. The molecule has 0 aromatic heterocycles. The zero-order valence-electron chi connectivity index (χ0n) is 13.9. The van der Waals surface area contributed by atoms with Crippen molar-refractivity contribution in [2.24, 2.45) is 0 Å². The van der Waals surface area contributed by atoms with E-state index in [9.17, 15) is 22.8 Å². The van der Waals surface area contributed by atoms with Crippen molar-refractivity contribution in [3.05, 3.63) is 59.7 Å². The average molecular weight is 366 g/mol. The highest BCUT2D eigenvalue weighted by Crippen LogP contribution is 2.30. The van der Waals surface area contributed by atoms with E-state index >= 15 is 0 Å². The van der Waals surface area contributed by atoms with Crippen molar-refractivity contribution in [3.63, 3.8) is 0 Å². The molecule has 0 aliphatic rings. The summed E-state index contributed by atoms with van der Waals surface area (Å²) in [4.78, 5) is 24.2. The van der Waals surface area contributed by atoms with Gasteiger partial charge >= 0.3 is 6.18 Å². The van der Waals surface area contributed by atoms with Gasteiger partial charge in [0.2, 0.25) is 5.91 Å². The smallest absolute Gasteiger partial charge is 0.384 e. The summed E-state index contributed by atoms with van der Waals surface area (Å²) in [5.41, 5.74) is -0.462. The first kappa shape index (κ1) is 19.5. The van der Waals surface area contributed by atoms with Gasteiger partial charge in [0.1, 0.15) is 0 Å². The van der Waals surface area contributed by atoms with Crippen LogP contribution >= 0.6 is 0 Å². The molecule has 0 unspecified atom stereocenters. The van der Waals surface area contributed by atoms with Crippen LogP contribution in [0, 0.1) is 0 Å². The minimum Gasteiger partial charge on any atom is -0.384 e. The molecular formula is C18H17F3N2O3. The number of ether oxygens (including phenoxy) is 1. The second-order valence-electron chi connectivity index (χ2n) is 5.37. The molecule has 0 saturated carbocycles. The average Bonchev–Trinajstić information content (AvgIpc) is 2.60. The van der Waals surface area contributed by atoms with E-state index in [2.05, 4.69) is 10.6 Å². The molecule has 2 aromatic rings. The molecule has 0 saturated heterocycles. The van der Waals surface area contributed by atoms with E-state index in [-0.39, 0.29) is 35.9 Å². The Hall–Kier alpha value is -2.87. The predicted octanol–water partition coefficient (Wildman–Crippen LogP) is 3.93. The highest BCUT2D eigenvalue weighted by Gasteiger charge is 2.30. The maximum atomic E-state index is 12.8. The SMILES string of the molecule is COCCC(=O)Nc1ccccc1C(=O)Nc1cccc(C(F)(F)F)c1. The van der Waals surface area contributed by atoms with Gasteiger partial charge in [-0.2, -0.15) is 13.2 Å². The summed E-state index contributed by atoms with van der Waals surface area (Å²) in [6, 6.07) is 10.5. The second-order valence-corrected chi connectivity index (χ2v) is 5.37. The molecule has 2 amide bonds. The molecule has 0 aliphatic carbocycles. The monoisotopic (exact) mass is 366 g/mol. The lowest BCUT2D eigenvalue weighted by Crippen LogP contribution is -2.19. The Kier molecular flexibility index (Phi) is 6.35. The standard InChI is InChI=1S/C18H17F3N2O3/c1-26-10-9-16(24)23-15-8-3-2-7-14(15)17(25)22-13-6-4-5-12(11-13)18(19,20)21/h2-8,11H,9-10H2,1H3,(H,22,25)(H,23,24). The topological polar surface area (TPSA) is 67.4 Å². The summed E-state index contributed by atoms with van der Waals surface area (Å²) in [7, 11) is 1.46. The summed E-state index contributed by atoms with van der Waals surface area (Å²) < 4.78 is 43.1. The number of benzene rings is 2. The van der Waals surface area contributed by atoms with Crippen LogP contribution in [0.4, 0.5) is 24.5 Å². The van der Waals surface area contributed by atoms with Crippen LogP contribution in [0.25, 0.3) is 0 Å². The van der Waals surface area contributed by atoms with Crippen LogP contribution in [-0.2, 0) is 15.7 Å². The first-order valence-electron chi connectivity index (χ1n) is 7.67. The fourth-order valence-electron chi connectivity index (χ4n) is 2.17. The van der Waals surface area contributed by atoms with Gasteiger partial charge in [-0.3, -0.25) is 9.59 Å². The Morgan fingerprint density at radius 2 is 1.77 bits per heavy atom. The van der Waals surface area contributed by atoms with Gasteiger partial charge in [0, 0.05) is 12.8 Å². The molecule has 0 atom stereocenters. The summed E-state index contributed by atoms with van der Waals surface area (Å²) in [5, 5.41) is 5.00. The van der Waals surface area contributed by atoms with Gasteiger partial charge in [-0.1, -0.05) is 18.2 Å². The number of methoxy groups -OCH3 is 1. The molecule has 2 N–H and O–H groups in total.